The maximum absolute atomic E-state index is 12.2. The number of rotatable bonds is 6. The summed E-state index contributed by atoms with van der Waals surface area (Å²) in [5.74, 6) is 0.704. The molecule has 2 N–H and O–H groups in total. The standard InChI is InChI=1S/C13H21N3O4S/c1-20-13-3-2-12(8-14-13)9-15-21(18,19)16-6-4-11(10-17)5-7-16/h2-3,8,11,15,17H,4-7,9-10H2,1H3. The van der Waals surface area contributed by atoms with E-state index in [-0.39, 0.29) is 19.1 Å². The largest absolute Gasteiger partial charge is 0.481 e. The molecule has 0 bridgehead atoms. The van der Waals surface area contributed by atoms with Crippen LogP contribution in [0, 0.1) is 5.92 Å². The monoisotopic (exact) mass is 315 g/mol. The lowest BCUT2D eigenvalue weighted by molar-refractivity contribution is 0.169. The van der Waals surface area contributed by atoms with Crippen molar-refractivity contribution >= 4 is 10.2 Å². The van der Waals surface area contributed by atoms with Gasteiger partial charge >= 0.3 is 0 Å². The lowest BCUT2D eigenvalue weighted by atomic mass is 10.00. The molecule has 21 heavy (non-hydrogen) atoms. The maximum atomic E-state index is 12.2. The van der Waals surface area contributed by atoms with Crippen molar-refractivity contribution in [1.29, 1.82) is 0 Å². The zero-order valence-electron chi connectivity index (χ0n) is 12.0. The molecule has 0 atom stereocenters. The highest BCUT2D eigenvalue weighted by molar-refractivity contribution is 7.87. The summed E-state index contributed by atoms with van der Waals surface area (Å²) in [6, 6.07) is 3.46. The van der Waals surface area contributed by atoms with E-state index in [0.717, 1.165) is 5.56 Å². The molecular weight excluding hydrogens is 294 g/mol. The summed E-state index contributed by atoms with van der Waals surface area (Å²) in [6.07, 6.45) is 2.97. The fraction of sp³-hybridized carbons (Fsp3) is 0.615. The topological polar surface area (TPSA) is 91.8 Å². The third-order valence-corrected chi connectivity index (χ3v) is 5.19. The van der Waals surface area contributed by atoms with Crippen LogP contribution in [0.1, 0.15) is 18.4 Å². The molecule has 7 nitrogen and oxygen atoms in total. The van der Waals surface area contributed by atoms with E-state index in [4.69, 9.17) is 9.84 Å². The number of hydrogen-bond donors (Lipinski definition) is 2. The molecule has 0 saturated carbocycles. The second kappa shape index (κ2) is 7.17. The van der Waals surface area contributed by atoms with Gasteiger partial charge in [-0.1, -0.05) is 6.07 Å². The zero-order chi connectivity index (χ0) is 15.3. The first-order valence-corrected chi connectivity index (χ1v) is 8.33. The highest BCUT2D eigenvalue weighted by Gasteiger charge is 2.27. The highest BCUT2D eigenvalue weighted by Crippen LogP contribution is 2.18. The van der Waals surface area contributed by atoms with E-state index in [1.54, 1.807) is 18.3 Å². The van der Waals surface area contributed by atoms with Gasteiger partial charge in [-0.05, 0) is 24.3 Å². The maximum Gasteiger partial charge on any atom is 0.279 e. The second-order valence-corrected chi connectivity index (χ2v) is 6.82. The van der Waals surface area contributed by atoms with E-state index in [1.807, 2.05) is 0 Å². The van der Waals surface area contributed by atoms with Crippen LogP contribution in [-0.4, -0.2) is 49.6 Å². The zero-order valence-corrected chi connectivity index (χ0v) is 12.8. The minimum absolute atomic E-state index is 0.124. The normalized spacial score (nSPS) is 17.8. The van der Waals surface area contributed by atoms with E-state index in [1.165, 1.54) is 11.4 Å². The fourth-order valence-corrected chi connectivity index (χ4v) is 3.46. The van der Waals surface area contributed by atoms with Crippen molar-refractivity contribution in [3.05, 3.63) is 23.9 Å². The Bertz CT molecular complexity index is 539. The summed E-state index contributed by atoms with van der Waals surface area (Å²) in [7, 11) is -1.96. The molecule has 118 valence electrons. The molecule has 1 aromatic rings. The van der Waals surface area contributed by atoms with Crippen molar-refractivity contribution < 1.29 is 18.3 Å². The molecule has 0 amide bonds. The quantitative estimate of drug-likeness (QED) is 0.778. The van der Waals surface area contributed by atoms with Crippen LogP contribution in [0.2, 0.25) is 0 Å². The van der Waals surface area contributed by atoms with Gasteiger partial charge in [0.2, 0.25) is 5.88 Å². The number of ether oxygens (including phenoxy) is 1. The Morgan fingerprint density at radius 1 is 1.43 bits per heavy atom. The Morgan fingerprint density at radius 3 is 2.67 bits per heavy atom. The molecule has 0 unspecified atom stereocenters. The van der Waals surface area contributed by atoms with Gasteiger partial charge in [-0.25, -0.2) is 4.98 Å². The molecule has 1 aliphatic rings. The third kappa shape index (κ3) is 4.37. The first kappa shape index (κ1) is 16.2. The molecule has 0 aromatic carbocycles. The molecule has 1 aliphatic heterocycles. The lowest BCUT2D eigenvalue weighted by Gasteiger charge is -2.30. The van der Waals surface area contributed by atoms with E-state index >= 15 is 0 Å². The number of aromatic nitrogens is 1. The van der Waals surface area contributed by atoms with E-state index in [9.17, 15) is 8.42 Å². The Hall–Kier alpha value is -1.22. The number of pyridine rings is 1. The van der Waals surface area contributed by atoms with Gasteiger partial charge in [0.15, 0.2) is 0 Å². The van der Waals surface area contributed by atoms with Gasteiger partial charge in [0.05, 0.1) is 7.11 Å². The molecule has 1 saturated heterocycles. The molecule has 1 fully saturated rings. The minimum Gasteiger partial charge on any atom is -0.481 e. The number of piperidine rings is 1. The summed E-state index contributed by atoms with van der Waals surface area (Å²) >= 11 is 0. The van der Waals surface area contributed by atoms with Crippen LogP contribution in [0.25, 0.3) is 0 Å². The van der Waals surface area contributed by atoms with Crippen LogP contribution < -0.4 is 9.46 Å². The molecule has 2 heterocycles. The van der Waals surface area contributed by atoms with Gasteiger partial charge in [0.25, 0.3) is 10.2 Å². The van der Waals surface area contributed by atoms with Crippen LogP contribution in [-0.2, 0) is 16.8 Å². The van der Waals surface area contributed by atoms with Gasteiger partial charge in [-0.2, -0.15) is 17.4 Å². The smallest absolute Gasteiger partial charge is 0.279 e. The van der Waals surface area contributed by atoms with Gasteiger partial charge in [0.1, 0.15) is 0 Å². The number of aliphatic hydroxyl groups is 1. The predicted molar refractivity (Wildman–Crippen MR) is 77.9 cm³/mol. The summed E-state index contributed by atoms with van der Waals surface area (Å²) in [5, 5.41) is 9.07. The second-order valence-electron chi connectivity index (χ2n) is 5.06. The Balaban J connectivity index is 1.89. The summed E-state index contributed by atoms with van der Waals surface area (Å²) < 4.78 is 33.3. The lowest BCUT2D eigenvalue weighted by Crippen LogP contribution is -2.45. The summed E-state index contributed by atoms with van der Waals surface area (Å²) in [5.41, 5.74) is 0.768. The Morgan fingerprint density at radius 2 is 2.14 bits per heavy atom. The molecule has 8 heteroatoms. The number of hydrogen-bond acceptors (Lipinski definition) is 5. The van der Waals surface area contributed by atoms with E-state index < -0.39 is 10.2 Å². The van der Waals surface area contributed by atoms with Crippen LogP contribution in [0.5, 0.6) is 5.88 Å². The molecular formula is C13H21N3O4S. The summed E-state index contributed by atoms with van der Waals surface area (Å²) in [4.78, 5) is 4.03. The van der Waals surface area contributed by atoms with Crippen LogP contribution in [0.15, 0.2) is 18.3 Å². The molecule has 0 aliphatic carbocycles. The van der Waals surface area contributed by atoms with Crippen LogP contribution in [0.4, 0.5) is 0 Å². The van der Waals surface area contributed by atoms with Gasteiger partial charge < -0.3 is 9.84 Å². The number of methoxy groups -OCH3 is 1. The fourth-order valence-electron chi connectivity index (χ4n) is 2.23. The van der Waals surface area contributed by atoms with Crippen molar-refractivity contribution in [2.45, 2.75) is 19.4 Å². The number of aliphatic hydroxyl groups excluding tert-OH is 1. The molecule has 2 rings (SSSR count). The molecule has 0 radical (unpaired) electrons. The summed E-state index contributed by atoms with van der Waals surface area (Å²) in [6.45, 7) is 1.21. The Labute approximate surface area is 125 Å². The number of nitrogens with zero attached hydrogens (tertiary/aromatic N) is 2. The minimum atomic E-state index is -3.49. The van der Waals surface area contributed by atoms with Crippen molar-refractivity contribution in [1.82, 2.24) is 14.0 Å². The molecule has 0 spiro atoms. The Kier molecular flexibility index (Phi) is 5.51. The van der Waals surface area contributed by atoms with Gasteiger partial charge in [-0.15, -0.1) is 0 Å². The third-order valence-electron chi connectivity index (χ3n) is 3.64. The van der Waals surface area contributed by atoms with Crippen molar-refractivity contribution in [2.24, 2.45) is 5.92 Å². The van der Waals surface area contributed by atoms with Crippen molar-refractivity contribution in [3.63, 3.8) is 0 Å². The van der Waals surface area contributed by atoms with Crippen LogP contribution in [0.3, 0.4) is 0 Å². The van der Waals surface area contributed by atoms with E-state index in [2.05, 4.69) is 9.71 Å². The van der Waals surface area contributed by atoms with E-state index in [0.29, 0.717) is 31.8 Å². The average molecular weight is 315 g/mol. The van der Waals surface area contributed by atoms with Gasteiger partial charge in [0, 0.05) is 38.5 Å². The SMILES string of the molecule is COc1ccc(CNS(=O)(=O)N2CCC(CO)CC2)cn1. The highest BCUT2D eigenvalue weighted by atomic mass is 32.2. The van der Waals surface area contributed by atoms with Crippen molar-refractivity contribution in [2.75, 3.05) is 26.8 Å². The number of nitrogens with one attached hydrogen (secondary N) is 1. The van der Waals surface area contributed by atoms with Crippen molar-refractivity contribution in [3.8, 4) is 5.88 Å². The van der Waals surface area contributed by atoms with Gasteiger partial charge in [-0.3, -0.25) is 0 Å². The molecule has 1 aromatic heterocycles. The predicted octanol–water partition coefficient (Wildman–Crippen LogP) is 0.129. The first-order valence-electron chi connectivity index (χ1n) is 6.89. The van der Waals surface area contributed by atoms with Crippen LogP contribution >= 0.6 is 0 Å². The first-order chi connectivity index (χ1) is 10.0. The average Bonchev–Trinajstić information content (AvgIpc) is 2.53.